The quantitative estimate of drug-likeness (QED) is 0.751. The Hall–Kier alpha value is -1.18. The minimum absolute atomic E-state index is 0. The number of methoxy groups -OCH3 is 1. The van der Waals surface area contributed by atoms with Gasteiger partial charge in [0, 0.05) is 18.3 Å². The Balaban J connectivity index is 0.00000324. The predicted octanol–water partition coefficient (Wildman–Crippen LogP) is 0.605. The van der Waals surface area contributed by atoms with Crippen molar-refractivity contribution < 1.29 is 14.3 Å². The minimum atomic E-state index is -0.374. The van der Waals surface area contributed by atoms with E-state index in [0.717, 1.165) is 5.01 Å². The molecule has 0 saturated carbocycles. The summed E-state index contributed by atoms with van der Waals surface area (Å²) < 4.78 is 4.57. The molecule has 0 aliphatic carbocycles. The second-order valence-electron chi connectivity index (χ2n) is 3.80. The van der Waals surface area contributed by atoms with Gasteiger partial charge in [0.2, 0.25) is 0 Å². The van der Waals surface area contributed by atoms with Crippen molar-refractivity contribution in [3.63, 3.8) is 0 Å². The van der Waals surface area contributed by atoms with Crippen LogP contribution in [0.4, 0.5) is 0 Å². The van der Waals surface area contributed by atoms with Crippen molar-refractivity contribution in [1.82, 2.24) is 10.3 Å². The SMILES string of the molecule is COC(=O)C(C)CNC(=O)c1csc(CCN)n1.Cl. The molecule has 108 valence electrons. The maximum absolute atomic E-state index is 11.7. The van der Waals surface area contributed by atoms with Crippen LogP contribution >= 0.6 is 23.7 Å². The number of ether oxygens (including phenoxy) is 1. The molecule has 1 aromatic rings. The molecule has 0 aliphatic heterocycles. The van der Waals surface area contributed by atoms with Crippen LogP contribution in [0.2, 0.25) is 0 Å². The lowest BCUT2D eigenvalue weighted by Gasteiger charge is -2.09. The molecule has 0 aromatic carbocycles. The van der Waals surface area contributed by atoms with E-state index in [2.05, 4.69) is 15.0 Å². The Morgan fingerprint density at radius 2 is 2.26 bits per heavy atom. The van der Waals surface area contributed by atoms with Gasteiger partial charge in [0.05, 0.1) is 18.0 Å². The molecule has 1 aromatic heterocycles. The lowest BCUT2D eigenvalue weighted by Crippen LogP contribution is -2.32. The summed E-state index contributed by atoms with van der Waals surface area (Å²) in [5.41, 5.74) is 5.77. The van der Waals surface area contributed by atoms with Crippen LogP contribution in [0.1, 0.15) is 22.4 Å². The number of rotatable bonds is 6. The van der Waals surface area contributed by atoms with E-state index in [4.69, 9.17) is 5.73 Å². The highest BCUT2D eigenvalue weighted by Gasteiger charge is 2.16. The Morgan fingerprint density at radius 3 is 2.84 bits per heavy atom. The number of nitrogens with one attached hydrogen (secondary N) is 1. The molecule has 19 heavy (non-hydrogen) atoms. The molecule has 1 unspecified atom stereocenters. The van der Waals surface area contributed by atoms with E-state index in [9.17, 15) is 9.59 Å². The van der Waals surface area contributed by atoms with E-state index in [-0.39, 0.29) is 36.7 Å². The summed E-state index contributed by atoms with van der Waals surface area (Å²) in [6.45, 7) is 2.43. The number of hydrogen-bond acceptors (Lipinski definition) is 6. The zero-order valence-electron chi connectivity index (χ0n) is 10.8. The first-order chi connectivity index (χ1) is 8.58. The number of aromatic nitrogens is 1. The molecular formula is C11H18ClN3O3S. The first kappa shape index (κ1) is 17.8. The molecule has 0 aliphatic rings. The number of nitrogens with zero attached hydrogens (tertiary/aromatic N) is 1. The average Bonchev–Trinajstić information content (AvgIpc) is 2.83. The van der Waals surface area contributed by atoms with Crippen LogP contribution in [0.15, 0.2) is 5.38 Å². The van der Waals surface area contributed by atoms with Crippen LogP contribution in [0.25, 0.3) is 0 Å². The third kappa shape index (κ3) is 5.54. The van der Waals surface area contributed by atoms with Crippen LogP contribution in [0, 0.1) is 5.92 Å². The number of thiazole rings is 1. The predicted molar refractivity (Wildman–Crippen MR) is 75.6 cm³/mol. The molecule has 1 heterocycles. The molecule has 0 fully saturated rings. The molecule has 0 saturated heterocycles. The van der Waals surface area contributed by atoms with Gasteiger partial charge in [-0.3, -0.25) is 9.59 Å². The zero-order valence-corrected chi connectivity index (χ0v) is 12.5. The molecule has 1 atom stereocenters. The standard InChI is InChI=1S/C11H17N3O3S.ClH/c1-7(11(16)17-2)5-13-10(15)8-6-18-9(14-8)3-4-12;/h6-7H,3-5,12H2,1-2H3,(H,13,15);1H. The smallest absolute Gasteiger partial charge is 0.310 e. The van der Waals surface area contributed by atoms with Crippen molar-refractivity contribution in [2.75, 3.05) is 20.2 Å². The van der Waals surface area contributed by atoms with Crippen molar-refractivity contribution in [2.45, 2.75) is 13.3 Å². The number of carbonyl (C=O) groups excluding carboxylic acids is 2. The Bertz CT molecular complexity index is 425. The van der Waals surface area contributed by atoms with Gasteiger partial charge < -0.3 is 15.8 Å². The Kier molecular flexibility index (Phi) is 8.29. The van der Waals surface area contributed by atoms with Gasteiger partial charge in [-0.2, -0.15) is 0 Å². The summed E-state index contributed by atoms with van der Waals surface area (Å²) >= 11 is 1.40. The summed E-state index contributed by atoms with van der Waals surface area (Å²) in [6.07, 6.45) is 0.663. The zero-order chi connectivity index (χ0) is 13.5. The van der Waals surface area contributed by atoms with E-state index in [1.165, 1.54) is 18.4 Å². The summed E-state index contributed by atoms with van der Waals surface area (Å²) in [6, 6.07) is 0. The summed E-state index contributed by atoms with van der Waals surface area (Å²) in [7, 11) is 1.32. The molecule has 1 amide bonds. The third-order valence-corrected chi connectivity index (χ3v) is 3.22. The molecule has 0 radical (unpaired) electrons. The molecule has 3 N–H and O–H groups in total. The summed E-state index contributed by atoms with van der Waals surface area (Å²) in [4.78, 5) is 27.0. The topological polar surface area (TPSA) is 94.3 Å². The normalized spacial score (nSPS) is 11.3. The molecule has 1 rings (SSSR count). The number of halogens is 1. The number of amides is 1. The fourth-order valence-electron chi connectivity index (χ4n) is 1.27. The van der Waals surface area contributed by atoms with Gasteiger partial charge in [-0.25, -0.2) is 4.98 Å². The van der Waals surface area contributed by atoms with E-state index in [1.807, 2.05) is 0 Å². The largest absolute Gasteiger partial charge is 0.469 e. The van der Waals surface area contributed by atoms with Crippen molar-refractivity contribution in [3.05, 3.63) is 16.1 Å². The number of nitrogens with two attached hydrogens (primary N) is 1. The summed E-state index contributed by atoms with van der Waals surface area (Å²) in [5, 5.41) is 5.16. The highest BCUT2D eigenvalue weighted by atomic mass is 35.5. The maximum atomic E-state index is 11.7. The van der Waals surface area contributed by atoms with Gasteiger partial charge in [0.25, 0.3) is 5.91 Å². The van der Waals surface area contributed by atoms with E-state index >= 15 is 0 Å². The second-order valence-corrected chi connectivity index (χ2v) is 4.74. The molecular weight excluding hydrogens is 290 g/mol. The van der Waals surface area contributed by atoms with Crippen molar-refractivity contribution in [1.29, 1.82) is 0 Å². The molecule has 0 bridgehead atoms. The van der Waals surface area contributed by atoms with Crippen LogP contribution in [-0.2, 0) is 16.0 Å². The molecule has 6 nitrogen and oxygen atoms in total. The van der Waals surface area contributed by atoms with E-state index in [1.54, 1.807) is 12.3 Å². The first-order valence-electron chi connectivity index (χ1n) is 5.59. The van der Waals surface area contributed by atoms with E-state index in [0.29, 0.717) is 18.7 Å². The molecule has 8 heteroatoms. The number of hydrogen-bond donors (Lipinski definition) is 2. The minimum Gasteiger partial charge on any atom is -0.469 e. The first-order valence-corrected chi connectivity index (χ1v) is 6.47. The fourth-order valence-corrected chi connectivity index (χ4v) is 2.07. The maximum Gasteiger partial charge on any atom is 0.310 e. The monoisotopic (exact) mass is 307 g/mol. The summed E-state index contributed by atoms with van der Waals surface area (Å²) in [5.74, 6) is -1.01. The lowest BCUT2D eigenvalue weighted by molar-refractivity contribution is -0.144. The van der Waals surface area contributed by atoms with Crippen molar-refractivity contribution in [3.8, 4) is 0 Å². The number of esters is 1. The lowest BCUT2D eigenvalue weighted by atomic mass is 10.2. The Labute approximate surface area is 122 Å². The van der Waals surface area contributed by atoms with Gasteiger partial charge in [-0.05, 0) is 6.54 Å². The van der Waals surface area contributed by atoms with Crippen LogP contribution in [0.3, 0.4) is 0 Å². The second kappa shape index (κ2) is 8.84. The van der Waals surface area contributed by atoms with Crippen molar-refractivity contribution >= 4 is 35.6 Å². The van der Waals surface area contributed by atoms with Crippen molar-refractivity contribution in [2.24, 2.45) is 11.7 Å². The van der Waals surface area contributed by atoms with Gasteiger partial charge in [-0.15, -0.1) is 23.7 Å². The van der Waals surface area contributed by atoms with Crippen LogP contribution < -0.4 is 11.1 Å². The van der Waals surface area contributed by atoms with Gasteiger partial charge >= 0.3 is 5.97 Å². The highest BCUT2D eigenvalue weighted by Crippen LogP contribution is 2.10. The Morgan fingerprint density at radius 1 is 1.58 bits per heavy atom. The average molecular weight is 308 g/mol. The van der Waals surface area contributed by atoms with Gasteiger partial charge in [0.1, 0.15) is 5.69 Å². The molecule has 0 spiro atoms. The van der Waals surface area contributed by atoms with Crippen LogP contribution in [0.5, 0.6) is 0 Å². The van der Waals surface area contributed by atoms with Crippen LogP contribution in [-0.4, -0.2) is 37.1 Å². The number of carbonyl (C=O) groups is 2. The van der Waals surface area contributed by atoms with Gasteiger partial charge in [-0.1, -0.05) is 6.92 Å². The van der Waals surface area contributed by atoms with E-state index < -0.39 is 0 Å². The van der Waals surface area contributed by atoms with Gasteiger partial charge in [0.15, 0.2) is 0 Å². The highest BCUT2D eigenvalue weighted by molar-refractivity contribution is 7.09. The third-order valence-electron chi connectivity index (χ3n) is 2.31. The fraction of sp³-hybridized carbons (Fsp3) is 0.545.